The van der Waals surface area contributed by atoms with Gasteiger partial charge in [0, 0.05) is 12.4 Å². The minimum absolute atomic E-state index is 0.0139. The molecule has 3 heteroatoms. The predicted molar refractivity (Wildman–Crippen MR) is 42.3 cm³/mol. The molecule has 0 saturated carbocycles. The first kappa shape index (κ1) is 6.31. The minimum atomic E-state index is -0.0139. The standard InChI is InChI=1S/C7H9NOS/c10-7(4-9-5-7)6-1-2-8-3-6/h1-3,8,10H,4-5H2. The fourth-order valence-electron chi connectivity index (χ4n) is 1.08. The van der Waals surface area contributed by atoms with E-state index in [1.54, 1.807) is 0 Å². The second kappa shape index (κ2) is 2.04. The first-order valence-corrected chi connectivity index (χ1v) is 3.69. The molecule has 10 heavy (non-hydrogen) atoms. The zero-order valence-corrected chi connectivity index (χ0v) is 6.40. The smallest absolute Gasteiger partial charge is 0.0859 e. The van der Waals surface area contributed by atoms with Gasteiger partial charge in [0.2, 0.25) is 0 Å². The highest BCUT2D eigenvalue weighted by Crippen LogP contribution is 2.35. The van der Waals surface area contributed by atoms with Crippen molar-refractivity contribution in [3.63, 3.8) is 0 Å². The molecule has 2 heterocycles. The molecule has 1 fully saturated rings. The average molecular weight is 155 g/mol. The van der Waals surface area contributed by atoms with Crippen LogP contribution in [0.4, 0.5) is 0 Å². The molecule has 0 aliphatic carbocycles. The SMILES string of the molecule is SC1(c2cc[nH]c2)COC1. The highest BCUT2D eigenvalue weighted by Gasteiger charge is 2.36. The Morgan fingerprint density at radius 3 is 2.80 bits per heavy atom. The van der Waals surface area contributed by atoms with Crippen LogP contribution in [-0.4, -0.2) is 18.2 Å². The number of H-pyrrole nitrogens is 1. The summed E-state index contributed by atoms with van der Waals surface area (Å²) in [5.74, 6) is 0. The Balaban J connectivity index is 2.27. The summed E-state index contributed by atoms with van der Waals surface area (Å²) in [6.07, 6.45) is 3.88. The van der Waals surface area contributed by atoms with Gasteiger partial charge < -0.3 is 9.72 Å². The van der Waals surface area contributed by atoms with Gasteiger partial charge >= 0.3 is 0 Å². The van der Waals surface area contributed by atoms with Crippen LogP contribution in [0.25, 0.3) is 0 Å². The van der Waals surface area contributed by atoms with Crippen LogP contribution in [-0.2, 0) is 9.48 Å². The normalized spacial score (nSPS) is 22.1. The van der Waals surface area contributed by atoms with E-state index in [1.165, 1.54) is 5.56 Å². The molecule has 0 radical (unpaired) electrons. The number of rotatable bonds is 1. The summed E-state index contributed by atoms with van der Waals surface area (Å²) in [5, 5.41) is 0. The Bertz CT molecular complexity index is 216. The van der Waals surface area contributed by atoms with E-state index < -0.39 is 0 Å². The number of thiol groups is 1. The zero-order chi connectivity index (χ0) is 7.03. The third kappa shape index (κ3) is 0.777. The Morgan fingerprint density at radius 2 is 2.40 bits per heavy atom. The van der Waals surface area contributed by atoms with Crippen LogP contribution >= 0.6 is 12.6 Å². The summed E-state index contributed by atoms with van der Waals surface area (Å²) in [4.78, 5) is 3.00. The molecule has 0 unspecified atom stereocenters. The lowest BCUT2D eigenvalue weighted by atomic mass is 10.00. The van der Waals surface area contributed by atoms with Gasteiger partial charge in [-0.25, -0.2) is 0 Å². The van der Waals surface area contributed by atoms with Crippen LogP contribution < -0.4 is 0 Å². The van der Waals surface area contributed by atoms with Crippen LogP contribution in [0, 0.1) is 0 Å². The molecule has 1 aliphatic rings. The van der Waals surface area contributed by atoms with Gasteiger partial charge in [0.25, 0.3) is 0 Å². The summed E-state index contributed by atoms with van der Waals surface area (Å²) in [7, 11) is 0. The van der Waals surface area contributed by atoms with Crippen molar-refractivity contribution in [1.82, 2.24) is 4.98 Å². The molecular formula is C7H9NOS. The monoisotopic (exact) mass is 155 g/mol. The number of hydrogen-bond acceptors (Lipinski definition) is 2. The van der Waals surface area contributed by atoms with Crippen molar-refractivity contribution in [2.75, 3.05) is 13.2 Å². The van der Waals surface area contributed by atoms with Gasteiger partial charge in [-0.3, -0.25) is 0 Å². The lowest BCUT2D eigenvalue weighted by Crippen LogP contribution is -2.41. The molecule has 1 aliphatic heterocycles. The van der Waals surface area contributed by atoms with E-state index in [9.17, 15) is 0 Å². The summed E-state index contributed by atoms with van der Waals surface area (Å²) < 4.78 is 5.06. The van der Waals surface area contributed by atoms with Crippen LogP contribution in [0.5, 0.6) is 0 Å². The fraction of sp³-hybridized carbons (Fsp3) is 0.429. The number of nitrogens with one attached hydrogen (secondary N) is 1. The van der Waals surface area contributed by atoms with Gasteiger partial charge in [0.15, 0.2) is 0 Å². The molecule has 1 aromatic heterocycles. The van der Waals surface area contributed by atoms with Crippen molar-refractivity contribution in [3.05, 3.63) is 24.0 Å². The topological polar surface area (TPSA) is 25.0 Å². The van der Waals surface area contributed by atoms with Crippen LogP contribution in [0.1, 0.15) is 5.56 Å². The maximum Gasteiger partial charge on any atom is 0.0859 e. The van der Waals surface area contributed by atoms with E-state index in [4.69, 9.17) is 4.74 Å². The molecule has 0 spiro atoms. The molecule has 0 amide bonds. The molecule has 2 nitrogen and oxygen atoms in total. The molecule has 0 bridgehead atoms. The van der Waals surface area contributed by atoms with Crippen molar-refractivity contribution >= 4 is 12.6 Å². The molecule has 1 saturated heterocycles. The number of hydrogen-bond donors (Lipinski definition) is 2. The maximum absolute atomic E-state index is 5.07. The van der Waals surface area contributed by atoms with Gasteiger partial charge in [-0.1, -0.05) is 0 Å². The third-order valence-electron chi connectivity index (χ3n) is 1.82. The first-order valence-electron chi connectivity index (χ1n) is 3.25. The van der Waals surface area contributed by atoms with Crippen LogP contribution in [0.3, 0.4) is 0 Å². The lowest BCUT2D eigenvalue weighted by Gasteiger charge is -2.36. The average Bonchev–Trinajstić information content (AvgIpc) is 2.33. The Kier molecular flexibility index (Phi) is 1.28. The highest BCUT2D eigenvalue weighted by molar-refractivity contribution is 7.81. The molecule has 0 aromatic carbocycles. The summed E-state index contributed by atoms with van der Waals surface area (Å²) in [5.41, 5.74) is 1.22. The zero-order valence-electron chi connectivity index (χ0n) is 5.50. The second-order valence-corrected chi connectivity index (χ2v) is 3.48. The third-order valence-corrected chi connectivity index (χ3v) is 2.33. The number of aromatic amines is 1. The second-order valence-electron chi connectivity index (χ2n) is 2.62. The van der Waals surface area contributed by atoms with E-state index >= 15 is 0 Å². The van der Waals surface area contributed by atoms with Gasteiger partial charge in [0.05, 0.1) is 18.0 Å². The van der Waals surface area contributed by atoms with E-state index in [1.807, 2.05) is 18.5 Å². The molecular weight excluding hydrogens is 146 g/mol. The Labute approximate surface area is 65.0 Å². The summed E-state index contributed by atoms with van der Waals surface area (Å²) in [6.45, 7) is 1.46. The maximum atomic E-state index is 5.07. The molecule has 1 N–H and O–H groups in total. The summed E-state index contributed by atoms with van der Waals surface area (Å²) >= 11 is 4.48. The van der Waals surface area contributed by atoms with Crippen molar-refractivity contribution < 1.29 is 4.74 Å². The summed E-state index contributed by atoms with van der Waals surface area (Å²) in [6, 6.07) is 2.04. The fourth-order valence-corrected chi connectivity index (χ4v) is 1.40. The Morgan fingerprint density at radius 1 is 1.60 bits per heavy atom. The largest absolute Gasteiger partial charge is 0.378 e. The Hall–Kier alpha value is -0.410. The molecule has 54 valence electrons. The lowest BCUT2D eigenvalue weighted by molar-refractivity contribution is -0.00963. The van der Waals surface area contributed by atoms with Crippen molar-refractivity contribution in [2.45, 2.75) is 4.75 Å². The van der Waals surface area contributed by atoms with Gasteiger partial charge in [0.1, 0.15) is 0 Å². The molecule has 2 rings (SSSR count). The van der Waals surface area contributed by atoms with Crippen LogP contribution in [0.15, 0.2) is 18.5 Å². The minimum Gasteiger partial charge on any atom is -0.378 e. The van der Waals surface area contributed by atoms with Crippen molar-refractivity contribution in [3.8, 4) is 0 Å². The molecule has 1 aromatic rings. The van der Waals surface area contributed by atoms with Gasteiger partial charge in [-0.15, -0.1) is 0 Å². The highest BCUT2D eigenvalue weighted by atomic mass is 32.1. The van der Waals surface area contributed by atoms with E-state index in [0.717, 1.165) is 13.2 Å². The first-order chi connectivity index (χ1) is 4.81. The van der Waals surface area contributed by atoms with Gasteiger partial charge in [-0.2, -0.15) is 12.6 Å². The predicted octanol–water partition coefficient (Wildman–Crippen LogP) is 1.17. The molecule has 0 atom stereocenters. The van der Waals surface area contributed by atoms with E-state index in [0.29, 0.717) is 0 Å². The quantitative estimate of drug-likeness (QED) is 0.585. The van der Waals surface area contributed by atoms with Crippen molar-refractivity contribution in [2.24, 2.45) is 0 Å². The van der Waals surface area contributed by atoms with Crippen molar-refractivity contribution in [1.29, 1.82) is 0 Å². The number of aromatic nitrogens is 1. The number of ether oxygens (including phenoxy) is 1. The van der Waals surface area contributed by atoms with E-state index in [2.05, 4.69) is 17.6 Å². The van der Waals surface area contributed by atoms with E-state index in [-0.39, 0.29) is 4.75 Å². The van der Waals surface area contributed by atoms with Crippen LogP contribution in [0.2, 0.25) is 0 Å². The van der Waals surface area contributed by atoms with Gasteiger partial charge in [-0.05, 0) is 11.6 Å².